The lowest BCUT2D eigenvalue weighted by atomic mass is 10.0. The fourth-order valence-electron chi connectivity index (χ4n) is 3.85. The second-order valence-electron chi connectivity index (χ2n) is 8.11. The molecule has 2 heterocycles. The molecule has 33 heavy (non-hydrogen) atoms. The number of aromatic nitrogens is 2. The third-order valence-electron chi connectivity index (χ3n) is 5.76. The second kappa shape index (κ2) is 9.98. The third kappa shape index (κ3) is 5.13. The van der Waals surface area contributed by atoms with E-state index in [1.807, 2.05) is 36.4 Å². The van der Waals surface area contributed by atoms with E-state index in [-0.39, 0.29) is 11.9 Å². The van der Waals surface area contributed by atoms with Gasteiger partial charge in [0, 0.05) is 29.1 Å². The van der Waals surface area contributed by atoms with Crippen molar-refractivity contribution in [3.8, 4) is 22.4 Å². The van der Waals surface area contributed by atoms with Crippen LogP contribution in [0.15, 0.2) is 42.5 Å². The van der Waals surface area contributed by atoms with Crippen molar-refractivity contribution in [3.63, 3.8) is 0 Å². The molecule has 1 saturated heterocycles. The summed E-state index contributed by atoms with van der Waals surface area (Å²) in [6.07, 6.45) is 1.88. The number of piperidine rings is 1. The SMILES string of the molecule is C=C(C#N)CNc1c(OC)ccc2ccc(-c3nnc(C(=O)NC4CCN(C)CC4)s3)cc12. The molecule has 4 rings (SSSR count). The van der Waals surface area contributed by atoms with Crippen LogP contribution in [-0.4, -0.2) is 60.8 Å². The number of nitriles is 1. The number of hydrogen-bond acceptors (Lipinski definition) is 8. The topological polar surface area (TPSA) is 103 Å². The Morgan fingerprint density at radius 3 is 2.79 bits per heavy atom. The van der Waals surface area contributed by atoms with Crippen LogP contribution in [0.5, 0.6) is 5.75 Å². The highest BCUT2D eigenvalue weighted by Gasteiger charge is 2.21. The number of hydrogen-bond donors (Lipinski definition) is 2. The van der Waals surface area contributed by atoms with Crippen molar-refractivity contribution in [3.05, 3.63) is 47.5 Å². The molecular formula is C24H26N6O2S. The van der Waals surface area contributed by atoms with Gasteiger partial charge in [0.1, 0.15) is 10.8 Å². The number of amides is 1. The van der Waals surface area contributed by atoms with Crippen molar-refractivity contribution < 1.29 is 9.53 Å². The number of likely N-dealkylation sites (tertiary alicyclic amines) is 1. The number of rotatable bonds is 7. The van der Waals surface area contributed by atoms with Gasteiger partial charge in [-0.25, -0.2) is 0 Å². The highest BCUT2D eigenvalue weighted by atomic mass is 32.1. The minimum Gasteiger partial charge on any atom is -0.495 e. The van der Waals surface area contributed by atoms with E-state index in [0.717, 1.165) is 48.0 Å². The van der Waals surface area contributed by atoms with Gasteiger partial charge < -0.3 is 20.3 Å². The summed E-state index contributed by atoms with van der Waals surface area (Å²) < 4.78 is 5.52. The first-order valence-electron chi connectivity index (χ1n) is 10.7. The Morgan fingerprint density at radius 1 is 1.30 bits per heavy atom. The van der Waals surface area contributed by atoms with Crippen LogP contribution in [0.25, 0.3) is 21.3 Å². The molecule has 1 amide bonds. The molecule has 1 fully saturated rings. The molecule has 3 aromatic rings. The van der Waals surface area contributed by atoms with Gasteiger partial charge in [-0.3, -0.25) is 4.79 Å². The van der Waals surface area contributed by atoms with Gasteiger partial charge in [-0.1, -0.05) is 36.1 Å². The van der Waals surface area contributed by atoms with Crippen LogP contribution >= 0.6 is 11.3 Å². The molecule has 1 aliphatic heterocycles. The van der Waals surface area contributed by atoms with Crippen LogP contribution in [0.2, 0.25) is 0 Å². The highest BCUT2D eigenvalue weighted by molar-refractivity contribution is 7.16. The Labute approximate surface area is 196 Å². The quantitative estimate of drug-likeness (QED) is 0.516. The Bertz CT molecular complexity index is 1220. The van der Waals surface area contributed by atoms with Crippen LogP contribution < -0.4 is 15.4 Å². The maximum atomic E-state index is 12.7. The molecule has 1 aromatic heterocycles. The highest BCUT2D eigenvalue weighted by Crippen LogP contribution is 2.36. The van der Waals surface area contributed by atoms with E-state index in [4.69, 9.17) is 10.00 Å². The first-order valence-corrected chi connectivity index (χ1v) is 11.6. The average molecular weight is 463 g/mol. The van der Waals surface area contributed by atoms with Crippen LogP contribution in [0.3, 0.4) is 0 Å². The van der Waals surface area contributed by atoms with Crippen molar-refractivity contribution in [1.29, 1.82) is 5.26 Å². The standard InChI is InChI=1S/C24H26N6O2S/c1-15(13-25)14-26-21-19-12-17(5-4-16(19)6-7-20(21)32-3)23-28-29-24(33-23)22(31)27-18-8-10-30(2)11-9-18/h4-7,12,18,26H,1,8-11,14H2,2-3H3,(H,27,31). The van der Waals surface area contributed by atoms with Crippen LogP contribution in [0, 0.1) is 11.3 Å². The fourth-order valence-corrected chi connectivity index (χ4v) is 4.59. The second-order valence-corrected chi connectivity index (χ2v) is 9.09. The summed E-state index contributed by atoms with van der Waals surface area (Å²) in [5.74, 6) is 0.494. The molecule has 0 bridgehead atoms. The Kier molecular flexibility index (Phi) is 6.87. The Hall–Kier alpha value is -3.48. The Balaban J connectivity index is 1.58. The van der Waals surface area contributed by atoms with Crippen molar-refractivity contribution in [2.75, 3.05) is 39.1 Å². The summed E-state index contributed by atoms with van der Waals surface area (Å²) in [5.41, 5.74) is 2.06. The van der Waals surface area contributed by atoms with Gasteiger partial charge in [-0.2, -0.15) is 5.26 Å². The summed E-state index contributed by atoms with van der Waals surface area (Å²) in [7, 11) is 3.70. The molecular weight excluding hydrogens is 436 g/mol. The summed E-state index contributed by atoms with van der Waals surface area (Å²) in [6.45, 7) is 6.00. The van der Waals surface area contributed by atoms with E-state index in [1.54, 1.807) is 7.11 Å². The van der Waals surface area contributed by atoms with Gasteiger partial charge in [0.2, 0.25) is 5.01 Å². The number of nitrogens with zero attached hydrogens (tertiary/aromatic N) is 4. The number of carbonyl (C=O) groups excluding carboxylic acids is 1. The normalized spacial score (nSPS) is 14.6. The number of methoxy groups -OCH3 is 1. The van der Waals surface area contributed by atoms with Crippen LogP contribution in [0.4, 0.5) is 5.69 Å². The molecule has 8 nitrogen and oxygen atoms in total. The fraction of sp³-hybridized carbons (Fsp3) is 0.333. The minimum atomic E-state index is -0.173. The van der Waals surface area contributed by atoms with Gasteiger partial charge in [0.05, 0.1) is 18.9 Å². The van der Waals surface area contributed by atoms with Crippen LogP contribution in [-0.2, 0) is 0 Å². The molecule has 0 aliphatic carbocycles. The summed E-state index contributed by atoms with van der Waals surface area (Å²) in [5, 5.41) is 26.8. The molecule has 170 valence electrons. The first kappa shape index (κ1) is 22.7. The number of anilines is 1. The van der Waals surface area contributed by atoms with Gasteiger partial charge in [0.15, 0.2) is 0 Å². The lowest BCUT2D eigenvalue weighted by molar-refractivity contribution is 0.0915. The zero-order valence-corrected chi connectivity index (χ0v) is 19.5. The van der Waals surface area contributed by atoms with Crippen LogP contribution in [0.1, 0.15) is 22.6 Å². The number of carbonyl (C=O) groups is 1. The zero-order valence-electron chi connectivity index (χ0n) is 18.7. The molecule has 9 heteroatoms. The predicted molar refractivity (Wildman–Crippen MR) is 131 cm³/mol. The minimum absolute atomic E-state index is 0.172. The zero-order chi connectivity index (χ0) is 23.4. The molecule has 0 unspecified atom stereocenters. The van der Waals surface area contributed by atoms with Gasteiger partial charge >= 0.3 is 0 Å². The van der Waals surface area contributed by atoms with Gasteiger partial charge in [0.25, 0.3) is 5.91 Å². The van der Waals surface area contributed by atoms with E-state index >= 15 is 0 Å². The van der Waals surface area contributed by atoms with E-state index in [2.05, 4.69) is 39.4 Å². The first-order chi connectivity index (χ1) is 16.0. The largest absolute Gasteiger partial charge is 0.495 e. The molecule has 1 aliphatic rings. The number of nitrogens with one attached hydrogen (secondary N) is 2. The van der Waals surface area contributed by atoms with Crippen molar-refractivity contribution >= 4 is 33.7 Å². The number of benzene rings is 2. The number of ether oxygens (including phenoxy) is 1. The predicted octanol–water partition coefficient (Wildman–Crippen LogP) is 3.68. The summed E-state index contributed by atoms with van der Waals surface area (Å²) in [6, 6.07) is 12.0. The van der Waals surface area contributed by atoms with Gasteiger partial charge in [-0.15, -0.1) is 10.2 Å². The monoisotopic (exact) mass is 462 g/mol. The van der Waals surface area contributed by atoms with E-state index in [1.165, 1.54) is 11.3 Å². The molecule has 2 N–H and O–H groups in total. The third-order valence-corrected chi connectivity index (χ3v) is 6.73. The van der Waals surface area contributed by atoms with Crippen molar-refractivity contribution in [2.24, 2.45) is 0 Å². The lowest BCUT2D eigenvalue weighted by Gasteiger charge is -2.29. The van der Waals surface area contributed by atoms with E-state index in [9.17, 15) is 4.79 Å². The molecule has 0 radical (unpaired) electrons. The van der Waals surface area contributed by atoms with E-state index in [0.29, 0.717) is 27.9 Å². The lowest BCUT2D eigenvalue weighted by Crippen LogP contribution is -2.43. The smallest absolute Gasteiger partial charge is 0.282 e. The summed E-state index contributed by atoms with van der Waals surface area (Å²) in [4.78, 5) is 15.0. The van der Waals surface area contributed by atoms with Gasteiger partial charge in [-0.05, 0) is 50.5 Å². The van der Waals surface area contributed by atoms with Crippen molar-refractivity contribution in [2.45, 2.75) is 18.9 Å². The average Bonchev–Trinajstić information content (AvgIpc) is 3.34. The van der Waals surface area contributed by atoms with Crippen molar-refractivity contribution in [1.82, 2.24) is 20.4 Å². The van der Waals surface area contributed by atoms with E-state index < -0.39 is 0 Å². The maximum Gasteiger partial charge on any atom is 0.282 e. The molecule has 2 aromatic carbocycles. The summed E-state index contributed by atoms with van der Waals surface area (Å²) >= 11 is 1.28. The maximum absolute atomic E-state index is 12.7. The molecule has 0 atom stereocenters. The Morgan fingerprint density at radius 2 is 2.06 bits per heavy atom. The number of fused-ring (bicyclic) bond motifs is 1. The molecule has 0 spiro atoms. The molecule has 0 saturated carbocycles.